The quantitative estimate of drug-likeness (QED) is 0.323. The normalized spacial score (nSPS) is 23.4. The molecule has 3 unspecified atom stereocenters. The van der Waals surface area contributed by atoms with Gasteiger partial charge in [-0.05, 0) is 41.7 Å². The highest BCUT2D eigenvalue weighted by molar-refractivity contribution is 6.21. The van der Waals surface area contributed by atoms with Gasteiger partial charge in [-0.15, -0.1) is 0 Å². The summed E-state index contributed by atoms with van der Waals surface area (Å²) in [6, 6.07) is 1.87. The number of hydroxylamine groups is 2. The Labute approximate surface area is 222 Å². The molecule has 3 aliphatic rings. The van der Waals surface area contributed by atoms with Crippen LogP contribution in [-0.2, 0) is 32.2 Å². The van der Waals surface area contributed by atoms with E-state index in [0.29, 0.717) is 30.5 Å². The zero-order valence-corrected chi connectivity index (χ0v) is 22.8. The number of amides is 1. The van der Waals surface area contributed by atoms with Crippen molar-refractivity contribution in [2.24, 2.45) is 28.9 Å². The number of aliphatic hydroxyl groups is 2. The van der Waals surface area contributed by atoms with Crippen LogP contribution in [0.15, 0.2) is 23.0 Å². The molecule has 206 valence electrons. The van der Waals surface area contributed by atoms with Crippen molar-refractivity contribution in [2.45, 2.75) is 46.6 Å². The Hall–Kier alpha value is -3.37. The van der Waals surface area contributed by atoms with E-state index in [4.69, 9.17) is 10.6 Å². The monoisotopic (exact) mass is 527 g/mol. The standard InChI is InChI=1S/C28H37N3O7/c1-28(2,3)12-31(38-6)11-15-9-17(30(4)5)16-8-13-7-14-10-18(32)22(27(29)37)26(36)20(14)24(34)19(13)25(35)21(16)23(15)33/h9,13-14,20,33,35-36H,7-8,10-12H2,1-6H3,(H2,29,37). The first-order valence-electron chi connectivity index (χ1n) is 12.7. The van der Waals surface area contributed by atoms with Crippen LogP contribution in [0.2, 0.25) is 0 Å². The van der Waals surface area contributed by atoms with Gasteiger partial charge in [0.25, 0.3) is 5.91 Å². The minimum absolute atomic E-state index is 0.0761. The van der Waals surface area contributed by atoms with Crippen LogP contribution in [0.3, 0.4) is 0 Å². The Morgan fingerprint density at radius 2 is 1.82 bits per heavy atom. The van der Waals surface area contributed by atoms with E-state index in [2.05, 4.69) is 20.8 Å². The number of allylic oxidation sites excluding steroid dienone is 2. The number of hydrogen-bond acceptors (Lipinski definition) is 9. The zero-order chi connectivity index (χ0) is 28.3. The van der Waals surface area contributed by atoms with Crippen molar-refractivity contribution in [2.75, 3.05) is 32.6 Å². The molecule has 5 N–H and O–H groups in total. The van der Waals surface area contributed by atoms with Crippen molar-refractivity contribution >= 4 is 28.9 Å². The van der Waals surface area contributed by atoms with Gasteiger partial charge in [0.1, 0.15) is 22.8 Å². The second kappa shape index (κ2) is 9.74. The van der Waals surface area contributed by atoms with Crippen molar-refractivity contribution in [3.05, 3.63) is 39.7 Å². The molecule has 1 fully saturated rings. The van der Waals surface area contributed by atoms with E-state index in [1.807, 2.05) is 25.1 Å². The molecule has 0 spiro atoms. The molecule has 3 atom stereocenters. The summed E-state index contributed by atoms with van der Waals surface area (Å²) in [5.74, 6) is -5.38. The average Bonchev–Trinajstić information content (AvgIpc) is 2.78. The molecule has 1 amide bonds. The Kier molecular flexibility index (Phi) is 7.09. The first kappa shape index (κ1) is 27.7. The molecule has 0 saturated heterocycles. The molecule has 0 bridgehead atoms. The zero-order valence-electron chi connectivity index (χ0n) is 22.8. The van der Waals surface area contributed by atoms with E-state index < -0.39 is 46.6 Å². The minimum Gasteiger partial charge on any atom is -0.511 e. The molecule has 0 aliphatic heterocycles. The third-order valence-corrected chi connectivity index (χ3v) is 7.68. The number of phenolic OH excluding ortho intramolecular Hbond substituents is 1. The molecule has 3 aliphatic carbocycles. The van der Waals surface area contributed by atoms with Crippen molar-refractivity contribution in [1.29, 1.82) is 0 Å². The van der Waals surface area contributed by atoms with Crippen molar-refractivity contribution in [1.82, 2.24) is 5.06 Å². The lowest BCUT2D eigenvalue weighted by molar-refractivity contribution is -0.154. The predicted octanol–water partition coefficient (Wildman–Crippen LogP) is 2.78. The molecule has 0 aromatic heterocycles. The summed E-state index contributed by atoms with van der Waals surface area (Å²) >= 11 is 0. The first-order valence-corrected chi connectivity index (χ1v) is 12.7. The van der Waals surface area contributed by atoms with Crippen LogP contribution < -0.4 is 10.6 Å². The molecule has 10 nitrogen and oxygen atoms in total. The second-order valence-corrected chi connectivity index (χ2v) is 11.9. The highest BCUT2D eigenvalue weighted by Gasteiger charge is 2.51. The number of nitrogens with two attached hydrogens (primary N) is 1. The Morgan fingerprint density at radius 3 is 2.37 bits per heavy atom. The highest BCUT2D eigenvalue weighted by atomic mass is 16.7. The smallest absolute Gasteiger partial charge is 0.255 e. The van der Waals surface area contributed by atoms with Crippen LogP contribution in [0.25, 0.3) is 5.76 Å². The van der Waals surface area contributed by atoms with E-state index in [-0.39, 0.29) is 41.0 Å². The van der Waals surface area contributed by atoms with Crippen LogP contribution >= 0.6 is 0 Å². The summed E-state index contributed by atoms with van der Waals surface area (Å²) < 4.78 is 0. The summed E-state index contributed by atoms with van der Waals surface area (Å²) in [4.78, 5) is 45.5. The summed E-state index contributed by atoms with van der Waals surface area (Å²) in [6.45, 7) is 7.04. The van der Waals surface area contributed by atoms with Crippen LogP contribution in [-0.4, -0.2) is 65.6 Å². The Morgan fingerprint density at radius 1 is 1.16 bits per heavy atom. The lowest BCUT2D eigenvalue weighted by Gasteiger charge is -2.41. The van der Waals surface area contributed by atoms with Crippen LogP contribution in [0, 0.1) is 23.2 Å². The number of Topliss-reactive ketones (excluding diaryl/α,β-unsaturated/α-hetero) is 2. The number of aliphatic hydroxyl groups excluding tert-OH is 2. The number of aromatic hydroxyl groups is 1. The van der Waals surface area contributed by atoms with Gasteiger partial charge in [-0.25, -0.2) is 0 Å². The van der Waals surface area contributed by atoms with Gasteiger partial charge in [0.15, 0.2) is 11.6 Å². The maximum atomic E-state index is 13.7. The summed E-state index contributed by atoms with van der Waals surface area (Å²) in [5, 5.41) is 35.4. The lowest BCUT2D eigenvalue weighted by Crippen LogP contribution is -2.44. The predicted molar refractivity (Wildman–Crippen MR) is 141 cm³/mol. The van der Waals surface area contributed by atoms with Crippen molar-refractivity contribution < 1.29 is 34.5 Å². The van der Waals surface area contributed by atoms with Crippen LogP contribution in [0.4, 0.5) is 5.69 Å². The number of primary amides is 1. The van der Waals surface area contributed by atoms with Crippen molar-refractivity contribution in [3.63, 3.8) is 0 Å². The maximum absolute atomic E-state index is 13.7. The number of rotatable bonds is 6. The van der Waals surface area contributed by atoms with Gasteiger partial charge in [-0.2, -0.15) is 5.06 Å². The number of phenols is 1. The highest BCUT2D eigenvalue weighted by Crippen LogP contribution is 2.52. The number of ketones is 2. The third kappa shape index (κ3) is 4.67. The van der Waals surface area contributed by atoms with Gasteiger partial charge >= 0.3 is 0 Å². The van der Waals surface area contributed by atoms with Gasteiger partial charge in [0.2, 0.25) is 0 Å². The molecule has 1 aromatic carbocycles. The Bertz CT molecular complexity index is 1270. The average molecular weight is 528 g/mol. The fraction of sp³-hybridized carbons (Fsp3) is 0.536. The van der Waals surface area contributed by atoms with Gasteiger partial charge in [0.05, 0.1) is 25.1 Å². The van der Waals surface area contributed by atoms with Gasteiger partial charge < -0.3 is 30.8 Å². The van der Waals surface area contributed by atoms with Gasteiger partial charge in [-0.3, -0.25) is 14.4 Å². The van der Waals surface area contributed by atoms with Gasteiger partial charge in [0, 0.05) is 43.9 Å². The summed E-state index contributed by atoms with van der Waals surface area (Å²) in [7, 11) is 5.29. The topological polar surface area (TPSA) is 154 Å². The number of hydrogen-bond donors (Lipinski definition) is 4. The molecular weight excluding hydrogens is 490 g/mol. The molecule has 0 radical (unpaired) electrons. The fourth-order valence-electron chi connectivity index (χ4n) is 6.17. The number of benzene rings is 1. The Balaban J connectivity index is 1.85. The molecule has 0 heterocycles. The molecule has 1 saturated carbocycles. The largest absolute Gasteiger partial charge is 0.511 e. The number of fused-ring (bicyclic) bond motifs is 3. The van der Waals surface area contributed by atoms with Gasteiger partial charge in [-0.1, -0.05) is 20.8 Å². The fourth-order valence-corrected chi connectivity index (χ4v) is 6.17. The van der Waals surface area contributed by atoms with E-state index in [1.54, 1.807) is 12.2 Å². The minimum atomic E-state index is -1.14. The summed E-state index contributed by atoms with van der Waals surface area (Å²) in [6.07, 6.45) is 0.638. The van der Waals surface area contributed by atoms with E-state index in [9.17, 15) is 29.7 Å². The van der Waals surface area contributed by atoms with Crippen LogP contribution in [0.1, 0.15) is 50.3 Å². The number of carbonyl (C=O) groups excluding carboxylic acids is 3. The third-order valence-electron chi connectivity index (χ3n) is 7.68. The molecule has 10 heteroatoms. The molecular formula is C28H37N3O7. The lowest BCUT2D eigenvalue weighted by atomic mass is 9.61. The van der Waals surface area contributed by atoms with Crippen molar-refractivity contribution in [3.8, 4) is 5.75 Å². The molecule has 4 rings (SSSR count). The number of carbonyl (C=O) groups is 3. The number of anilines is 1. The second-order valence-electron chi connectivity index (χ2n) is 11.9. The maximum Gasteiger partial charge on any atom is 0.255 e. The van der Waals surface area contributed by atoms with Crippen LogP contribution in [0.5, 0.6) is 5.75 Å². The number of nitrogens with zero attached hydrogens (tertiary/aromatic N) is 2. The van der Waals surface area contributed by atoms with E-state index in [1.165, 1.54) is 0 Å². The summed E-state index contributed by atoms with van der Waals surface area (Å²) in [5.41, 5.74) is 6.97. The van der Waals surface area contributed by atoms with E-state index in [0.717, 1.165) is 5.69 Å². The van der Waals surface area contributed by atoms with E-state index >= 15 is 0 Å². The molecule has 38 heavy (non-hydrogen) atoms. The SMILES string of the molecule is CON(Cc1cc(N(C)C)c2c(c1O)C(O)=C1C(=O)C3C(O)=C(C(N)=O)C(=O)CC3CC1C2)CC(C)(C)C. The molecule has 1 aromatic rings. The first-order chi connectivity index (χ1) is 17.7.